The first-order valence-corrected chi connectivity index (χ1v) is 8.03. The summed E-state index contributed by atoms with van der Waals surface area (Å²) >= 11 is 0. The van der Waals surface area contributed by atoms with E-state index in [-0.39, 0.29) is 17.4 Å². The fourth-order valence-corrected chi connectivity index (χ4v) is 2.50. The number of carbonyl (C=O) groups excluding carboxylic acids is 1. The Morgan fingerprint density at radius 3 is 2.64 bits per heavy atom. The molecule has 1 heterocycles. The van der Waals surface area contributed by atoms with E-state index in [1.807, 2.05) is 31.2 Å². The van der Waals surface area contributed by atoms with Gasteiger partial charge in [0.2, 0.25) is 0 Å². The molecule has 0 aliphatic heterocycles. The minimum Gasteiger partial charge on any atom is -0.355 e. The first-order valence-electron chi connectivity index (χ1n) is 8.03. The van der Waals surface area contributed by atoms with Crippen LogP contribution >= 0.6 is 0 Å². The number of aryl methyl sites for hydroxylation is 1. The highest BCUT2D eigenvalue weighted by molar-refractivity contribution is 6.03. The van der Waals surface area contributed by atoms with E-state index < -0.39 is 0 Å². The van der Waals surface area contributed by atoms with Gasteiger partial charge in [0, 0.05) is 23.3 Å². The van der Waals surface area contributed by atoms with E-state index in [0.717, 1.165) is 17.7 Å². The molecule has 126 valence electrons. The van der Waals surface area contributed by atoms with Crippen LogP contribution in [0.2, 0.25) is 0 Å². The second-order valence-electron chi connectivity index (χ2n) is 5.53. The minimum atomic E-state index is -0.326. The normalized spacial score (nSPS) is 10.3. The second-order valence-corrected chi connectivity index (χ2v) is 5.53. The Morgan fingerprint density at radius 2 is 1.84 bits per heavy atom. The van der Waals surface area contributed by atoms with Gasteiger partial charge in [-0.3, -0.25) is 9.78 Å². The zero-order valence-corrected chi connectivity index (χ0v) is 13.8. The number of halogens is 1. The van der Waals surface area contributed by atoms with Crippen LogP contribution in [0.5, 0.6) is 0 Å². The Balaban J connectivity index is 1.77. The highest BCUT2D eigenvalue weighted by Crippen LogP contribution is 2.19. The quantitative estimate of drug-likeness (QED) is 0.705. The predicted molar refractivity (Wildman–Crippen MR) is 97.7 cm³/mol. The molecule has 0 saturated carbocycles. The maximum Gasteiger partial charge on any atom is 0.274 e. The van der Waals surface area contributed by atoms with E-state index in [9.17, 15) is 9.18 Å². The van der Waals surface area contributed by atoms with Gasteiger partial charge in [0.1, 0.15) is 11.5 Å². The molecule has 0 unspecified atom stereocenters. The first-order chi connectivity index (χ1) is 12.2. The summed E-state index contributed by atoms with van der Waals surface area (Å²) in [7, 11) is 0. The lowest BCUT2D eigenvalue weighted by molar-refractivity contribution is 0.102. The number of para-hydroxylation sites is 1. The summed E-state index contributed by atoms with van der Waals surface area (Å²) in [4.78, 5) is 16.6. The molecule has 0 fully saturated rings. The number of amides is 1. The van der Waals surface area contributed by atoms with Crippen molar-refractivity contribution in [2.24, 2.45) is 0 Å². The van der Waals surface area contributed by atoms with Crippen LogP contribution in [0.4, 0.5) is 21.5 Å². The van der Waals surface area contributed by atoms with Crippen molar-refractivity contribution in [3.63, 3.8) is 0 Å². The van der Waals surface area contributed by atoms with Gasteiger partial charge in [0.25, 0.3) is 5.91 Å². The van der Waals surface area contributed by atoms with Crippen molar-refractivity contribution in [1.82, 2.24) is 4.98 Å². The lowest BCUT2D eigenvalue weighted by Gasteiger charge is -2.11. The number of nitrogens with one attached hydrogen (secondary N) is 2. The van der Waals surface area contributed by atoms with Gasteiger partial charge in [0.05, 0.1) is 0 Å². The third-order valence-electron chi connectivity index (χ3n) is 3.75. The van der Waals surface area contributed by atoms with Crippen LogP contribution in [0.25, 0.3) is 0 Å². The standard InChI is InChI=1S/C20H18FN3O/c1-2-14-6-3-4-9-18(14)24-20(25)19-13-17(10-11-22-19)23-16-8-5-7-15(21)12-16/h3-13H,2H2,1H3,(H,22,23)(H,24,25). The van der Waals surface area contributed by atoms with Crippen LogP contribution in [0, 0.1) is 5.82 Å². The Labute approximate surface area is 145 Å². The van der Waals surface area contributed by atoms with Crippen molar-refractivity contribution in [2.75, 3.05) is 10.6 Å². The van der Waals surface area contributed by atoms with E-state index in [1.165, 1.54) is 12.1 Å². The molecule has 0 atom stereocenters. The predicted octanol–water partition coefficient (Wildman–Crippen LogP) is 4.78. The maximum absolute atomic E-state index is 13.3. The van der Waals surface area contributed by atoms with Crippen LogP contribution in [-0.4, -0.2) is 10.9 Å². The Bertz CT molecular complexity index is 895. The molecule has 0 aliphatic rings. The number of rotatable bonds is 5. The smallest absolute Gasteiger partial charge is 0.274 e. The number of aromatic nitrogens is 1. The van der Waals surface area contributed by atoms with Crippen LogP contribution in [0.15, 0.2) is 66.9 Å². The lowest BCUT2D eigenvalue weighted by atomic mass is 10.1. The number of pyridine rings is 1. The van der Waals surface area contributed by atoms with Crippen LogP contribution in [0.1, 0.15) is 23.0 Å². The Kier molecular flexibility index (Phi) is 5.04. The second kappa shape index (κ2) is 7.57. The largest absolute Gasteiger partial charge is 0.355 e. The Morgan fingerprint density at radius 1 is 1.04 bits per heavy atom. The number of hydrogen-bond donors (Lipinski definition) is 2. The Hall–Kier alpha value is -3.21. The SMILES string of the molecule is CCc1ccccc1NC(=O)c1cc(Nc2cccc(F)c2)ccn1. The molecule has 0 radical (unpaired) electrons. The van der Waals surface area contributed by atoms with Crippen molar-refractivity contribution in [1.29, 1.82) is 0 Å². The highest BCUT2D eigenvalue weighted by Gasteiger charge is 2.10. The van der Waals surface area contributed by atoms with E-state index in [1.54, 1.807) is 30.5 Å². The summed E-state index contributed by atoms with van der Waals surface area (Å²) in [5.41, 5.74) is 3.39. The molecule has 0 spiro atoms. The van der Waals surface area contributed by atoms with Gasteiger partial charge in [-0.25, -0.2) is 4.39 Å². The van der Waals surface area contributed by atoms with E-state index in [4.69, 9.17) is 0 Å². The van der Waals surface area contributed by atoms with Gasteiger partial charge in [-0.15, -0.1) is 0 Å². The fourth-order valence-electron chi connectivity index (χ4n) is 2.50. The number of benzene rings is 2. The summed E-state index contributed by atoms with van der Waals surface area (Å²) < 4.78 is 13.3. The monoisotopic (exact) mass is 335 g/mol. The lowest BCUT2D eigenvalue weighted by Crippen LogP contribution is -2.15. The van der Waals surface area contributed by atoms with E-state index in [2.05, 4.69) is 15.6 Å². The molecule has 5 heteroatoms. The molecule has 4 nitrogen and oxygen atoms in total. The van der Waals surface area contributed by atoms with Gasteiger partial charge >= 0.3 is 0 Å². The summed E-state index contributed by atoms with van der Waals surface area (Å²) in [6, 6.07) is 17.2. The zero-order valence-electron chi connectivity index (χ0n) is 13.8. The van der Waals surface area contributed by atoms with Gasteiger partial charge < -0.3 is 10.6 Å². The van der Waals surface area contributed by atoms with Crippen molar-refractivity contribution >= 4 is 23.0 Å². The summed E-state index contributed by atoms with van der Waals surface area (Å²) in [6.07, 6.45) is 2.37. The van der Waals surface area contributed by atoms with Crippen molar-refractivity contribution < 1.29 is 9.18 Å². The topological polar surface area (TPSA) is 54.0 Å². The molecule has 1 amide bonds. The average Bonchev–Trinajstić information content (AvgIpc) is 2.62. The van der Waals surface area contributed by atoms with Crippen LogP contribution in [-0.2, 0) is 6.42 Å². The zero-order chi connectivity index (χ0) is 17.6. The van der Waals surface area contributed by atoms with E-state index >= 15 is 0 Å². The number of carbonyl (C=O) groups is 1. The highest BCUT2D eigenvalue weighted by atomic mass is 19.1. The molecule has 0 aliphatic carbocycles. The minimum absolute atomic E-state index is 0.285. The molecule has 3 rings (SSSR count). The van der Waals surface area contributed by atoms with Gasteiger partial charge in [-0.2, -0.15) is 0 Å². The van der Waals surface area contributed by atoms with Gasteiger partial charge in [-0.05, 0) is 48.4 Å². The average molecular weight is 335 g/mol. The van der Waals surface area contributed by atoms with Gasteiger partial charge in [0.15, 0.2) is 0 Å². The molecule has 3 aromatic rings. The van der Waals surface area contributed by atoms with Crippen molar-refractivity contribution in [3.8, 4) is 0 Å². The molecule has 2 N–H and O–H groups in total. The number of hydrogen-bond acceptors (Lipinski definition) is 3. The number of nitrogens with zero attached hydrogens (tertiary/aromatic N) is 1. The molecule has 2 aromatic carbocycles. The molecule has 25 heavy (non-hydrogen) atoms. The van der Waals surface area contributed by atoms with Crippen LogP contribution in [0.3, 0.4) is 0 Å². The first kappa shape index (κ1) is 16.6. The van der Waals surface area contributed by atoms with Crippen molar-refractivity contribution in [2.45, 2.75) is 13.3 Å². The molecular formula is C20H18FN3O. The summed E-state index contributed by atoms with van der Waals surface area (Å²) in [5.74, 6) is -0.614. The summed E-state index contributed by atoms with van der Waals surface area (Å²) in [5, 5.41) is 5.96. The third-order valence-corrected chi connectivity index (χ3v) is 3.75. The molecule has 0 bridgehead atoms. The third kappa shape index (κ3) is 4.20. The summed E-state index contributed by atoms with van der Waals surface area (Å²) in [6.45, 7) is 2.03. The van der Waals surface area contributed by atoms with E-state index in [0.29, 0.717) is 11.4 Å². The van der Waals surface area contributed by atoms with Crippen molar-refractivity contribution in [3.05, 3.63) is 83.9 Å². The van der Waals surface area contributed by atoms with Crippen LogP contribution < -0.4 is 10.6 Å². The van der Waals surface area contributed by atoms with Gasteiger partial charge in [-0.1, -0.05) is 31.2 Å². The number of anilines is 3. The fraction of sp³-hybridized carbons (Fsp3) is 0.100. The molecule has 0 saturated heterocycles. The molecule has 1 aromatic heterocycles. The molecular weight excluding hydrogens is 317 g/mol. The maximum atomic E-state index is 13.3.